The fourth-order valence-corrected chi connectivity index (χ4v) is 3.56. The van der Waals surface area contributed by atoms with Crippen molar-refractivity contribution in [2.24, 2.45) is 5.73 Å². The molecule has 0 fully saturated rings. The highest BCUT2D eigenvalue weighted by Gasteiger charge is 2.42. The Hall–Kier alpha value is -4.07. The zero-order chi connectivity index (χ0) is 27.0. The summed E-state index contributed by atoms with van der Waals surface area (Å²) in [5.74, 6) is -7.37. The predicted octanol–water partition coefficient (Wildman–Crippen LogP) is 2.97. The lowest BCUT2D eigenvalue weighted by molar-refractivity contribution is -0.202. The number of halogens is 4. The van der Waals surface area contributed by atoms with Gasteiger partial charge in [0, 0.05) is 23.4 Å². The van der Waals surface area contributed by atoms with Crippen LogP contribution in [0.25, 0.3) is 0 Å². The van der Waals surface area contributed by atoms with E-state index in [1.807, 2.05) is 0 Å². The molecule has 9 nitrogen and oxygen atoms in total. The SMILES string of the molecule is C=CCN(CC(=O)OC(=O)C(F)(F)F)C(=O)CCc1ccc(C(=O)Oc2ccc(C(=N)N)cc2F)s1. The van der Waals surface area contributed by atoms with Gasteiger partial charge in [-0.1, -0.05) is 6.08 Å². The number of alkyl halides is 3. The molecular weight excluding hydrogens is 510 g/mol. The van der Waals surface area contributed by atoms with E-state index < -0.39 is 42.4 Å². The number of nitrogen functional groups attached to an aromatic ring is 1. The molecule has 0 aliphatic heterocycles. The number of rotatable bonds is 10. The van der Waals surface area contributed by atoms with Crippen molar-refractivity contribution in [3.05, 3.63) is 64.1 Å². The number of amidine groups is 1. The summed E-state index contributed by atoms with van der Waals surface area (Å²) in [6.07, 6.45) is -4.21. The Morgan fingerprint density at radius 2 is 1.86 bits per heavy atom. The standard InChI is InChI=1S/C22H19F4N3O6S/c1-2-9-29(11-18(31)35-21(33)22(24,25)26)17(30)8-5-13-4-7-16(36-13)20(32)34-15-6-3-12(19(27)28)10-14(15)23/h2-4,6-7,10H,1,5,8-9,11H2,(H3,27,28). The molecule has 1 aromatic heterocycles. The van der Waals surface area contributed by atoms with Crippen LogP contribution in [-0.4, -0.2) is 53.8 Å². The quantitative estimate of drug-likeness (QED) is 0.0917. The van der Waals surface area contributed by atoms with E-state index in [-0.39, 0.29) is 41.4 Å². The van der Waals surface area contributed by atoms with E-state index >= 15 is 0 Å². The van der Waals surface area contributed by atoms with E-state index in [9.17, 15) is 36.7 Å². The van der Waals surface area contributed by atoms with Gasteiger partial charge in [-0.15, -0.1) is 17.9 Å². The number of esters is 3. The van der Waals surface area contributed by atoms with Gasteiger partial charge < -0.3 is 20.1 Å². The molecule has 0 aliphatic rings. The molecule has 3 N–H and O–H groups in total. The molecule has 36 heavy (non-hydrogen) atoms. The Morgan fingerprint density at radius 1 is 1.17 bits per heavy atom. The molecule has 0 saturated carbocycles. The minimum Gasteiger partial charge on any atom is -0.419 e. The lowest BCUT2D eigenvalue weighted by Gasteiger charge is -2.19. The van der Waals surface area contributed by atoms with E-state index in [2.05, 4.69) is 11.3 Å². The van der Waals surface area contributed by atoms with Gasteiger partial charge in [-0.2, -0.15) is 13.2 Å². The number of thiophene rings is 1. The second-order valence-electron chi connectivity index (χ2n) is 7.04. The van der Waals surface area contributed by atoms with Gasteiger partial charge in [0.25, 0.3) is 0 Å². The van der Waals surface area contributed by atoms with Crippen LogP contribution in [0.2, 0.25) is 0 Å². The normalized spacial score (nSPS) is 10.9. The largest absolute Gasteiger partial charge is 0.491 e. The van der Waals surface area contributed by atoms with E-state index in [0.717, 1.165) is 28.4 Å². The van der Waals surface area contributed by atoms with Crippen molar-refractivity contribution in [1.82, 2.24) is 4.90 Å². The minimum atomic E-state index is -5.36. The number of carbonyl (C=O) groups is 4. The maximum absolute atomic E-state index is 14.1. The van der Waals surface area contributed by atoms with Gasteiger partial charge in [-0.05, 0) is 36.8 Å². The van der Waals surface area contributed by atoms with Crippen molar-refractivity contribution in [3.63, 3.8) is 0 Å². The summed E-state index contributed by atoms with van der Waals surface area (Å²) in [7, 11) is 0. The van der Waals surface area contributed by atoms with Crippen LogP contribution in [0.4, 0.5) is 17.6 Å². The summed E-state index contributed by atoms with van der Waals surface area (Å²) in [5, 5.41) is 7.28. The van der Waals surface area contributed by atoms with Crippen LogP contribution in [-0.2, 0) is 25.5 Å². The third kappa shape index (κ3) is 8.01. The Bertz CT molecular complexity index is 1190. The smallest absolute Gasteiger partial charge is 0.419 e. The molecule has 0 saturated heterocycles. The molecule has 1 heterocycles. The molecule has 0 radical (unpaired) electrons. The molecule has 2 rings (SSSR count). The highest BCUT2D eigenvalue weighted by Crippen LogP contribution is 2.23. The Labute approximate surface area is 205 Å². The van der Waals surface area contributed by atoms with Gasteiger partial charge in [0.2, 0.25) is 5.91 Å². The summed E-state index contributed by atoms with van der Waals surface area (Å²) in [6, 6.07) is 6.33. The summed E-state index contributed by atoms with van der Waals surface area (Å²) >= 11 is 0.963. The molecule has 0 spiro atoms. The van der Waals surface area contributed by atoms with E-state index in [0.29, 0.717) is 4.88 Å². The first-order valence-electron chi connectivity index (χ1n) is 9.97. The highest BCUT2D eigenvalue weighted by molar-refractivity contribution is 7.13. The number of nitrogens with one attached hydrogen (secondary N) is 1. The van der Waals surface area contributed by atoms with Crippen molar-refractivity contribution in [3.8, 4) is 5.75 Å². The number of ether oxygens (including phenoxy) is 2. The summed E-state index contributed by atoms with van der Waals surface area (Å²) in [5.41, 5.74) is 5.38. The zero-order valence-corrected chi connectivity index (χ0v) is 19.2. The van der Waals surface area contributed by atoms with Crippen LogP contribution in [0, 0.1) is 11.2 Å². The molecule has 1 amide bonds. The molecule has 0 atom stereocenters. The van der Waals surface area contributed by atoms with Crippen LogP contribution in [0.15, 0.2) is 43.0 Å². The monoisotopic (exact) mass is 529 g/mol. The number of hydrogen-bond acceptors (Lipinski definition) is 8. The van der Waals surface area contributed by atoms with Gasteiger partial charge in [-0.3, -0.25) is 10.2 Å². The van der Waals surface area contributed by atoms with Gasteiger partial charge in [-0.25, -0.2) is 18.8 Å². The highest BCUT2D eigenvalue weighted by atomic mass is 32.1. The van der Waals surface area contributed by atoms with Crippen molar-refractivity contribution in [1.29, 1.82) is 5.41 Å². The molecule has 0 bridgehead atoms. The second-order valence-corrected chi connectivity index (χ2v) is 8.20. The van der Waals surface area contributed by atoms with Crippen LogP contribution in [0.1, 0.15) is 26.5 Å². The van der Waals surface area contributed by atoms with Crippen molar-refractivity contribution < 1.29 is 46.2 Å². The Kier molecular flexibility index (Phi) is 9.44. The number of nitrogens with zero attached hydrogens (tertiary/aromatic N) is 1. The number of amides is 1. The Morgan fingerprint density at radius 3 is 2.44 bits per heavy atom. The fourth-order valence-electron chi connectivity index (χ4n) is 2.67. The van der Waals surface area contributed by atoms with E-state index in [4.69, 9.17) is 15.9 Å². The lowest BCUT2D eigenvalue weighted by Crippen LogP contribution is -2.39. The minimum absolute atomic E-state index is 0.0998. The topological polar surface area (TPSA) is 140 Å². The van der Waals surface area contributed by atoms with Crippen molar-refractivity contribution in [2.45, 2.75) is 19.0 Å². The summed E-state index contributed by atoms with van der Waals surface area (Å²) in [6.45, 7) is 2.31. The first kappa shape index (κ1) is 28.2. The van der Waals surface area contributed by atoms with Gasteiger partial charge in [0.1, 0.15) is 17.3 Å². The number of carbonyl (C=O) groups excluding carboxylic acids is 4. The van der Waals surface area contributed by atoms with Crippen LogP contribution in [0.5, 0.6) is 5.75 Å². The van der Waals surface area contributed by atoms with Crippen LogP contribution in [0.3, 0.4) is 0 Å². The van der Waals surface area contributed by atoms with E-state index in [1.54, 1.807) is 0 Å². The van der Waals surface area contributed by atoms with Crippen molar-refractivity contribution >= 4 is 41.0 Å². The van der Waals surface area contributed by atoms with Crippen LogP contribution >= 0.6 is 11.3 Å². The second kappa shape index (κ2) is 12.1. The Balaban J connectivity index is 1.95. The number of aryl methyl sites for hydroxylation is 1. The lowest BCUT2D eigenvalue weighted by atomic mass is 10.2. The number of hydrogen-bond donors (Lipinski definition) is 2. The number of benzene rings is 1. The maximum Gasteiger partial charge on any atom is 0.491 e. The number of nitrogens with two attached hydrogens (primary N) is 1. The molecule has 2 aromatic rings. The third-order valence-corrected chi connectivity index (χ3v) is 5.48. The molecule has 192 valence electrons. The zero-order valence-electron chi connectivity index (χ0n) is 18.4. The molecule has 0 unspecified atom stereocenters. The van der Waals surface area contributed by atoms with E-state index in [1.165, 1.54) is 24.3 Å². The molecule has 14 heteroatoms. The van der Waals surface area contributed by atoms with Gasteiger partial charge in [0.15, 0.2) is 11.6 Å². The first-order valence-corrected chi connectivity index (χ1v) is 10.8. The molecule has 1 aromatic carbocycles. The average molecular weight is 529 g/mol. The van der Waals surface area contributed by atoms with Gasteiger partial charge >= 0.3 is 24.1 Å². The summed E-state index contributed by atoms with van der Waals surface area (Å²) in [4.78, 5) is 48.6. The average Bonchev–Trinajstić information content (AvgIpc) is 3.27. The molecule has 0 aliphatic carbocycles. The summed E-state index contributed by atoms with van der Waals surface area (Å²) < 4.78 is 59.4. The first-order chi connectivity index (χ1) is 16.8. The van der Waals surface area contributed by atoms with Crippen molar-refractivity contribution in [2.75, 3.05) is 13.1 Å². The third-order valence-electron chi connectivity index (χ3n) is 4.35. The van der Waals surface area contributed by atoms with Gasteiger partial charge in [0.05, 0.1) is 0 Å². The predicted molar refractivity (Wildman–Crippen MR) is 119 cm³/mol. The fraction of sp³-hybridized carbons (Fsp3) is 0.227. The van der Waals surface area contributed by atoms with Crippen LogP contribution < -0.4 is 10.5 Å². The maximum atomic E-state index is 14.1. The molecular formula is C22H19F4N3O6S.